The van der Waals surface area contributed by atoms with E-state index in [1.54, 1.807) is 0 Å². The van der Waals surface area contributed by atoms with E-state index in [1.165, 1.54) is 11.1 Å². The number of hydrogen-bond acceptors (Lipinski definition) is 3. The molecule has 128 valence electrons. The maximum atomic E-state index is 5.94. The molecule has 24 heavy (non-hydrogen) atoms. The summed E-state index contributed by atoms with van der Waals surface area (Å²) in [4.78, 5) is 4.37. The summed E-state index contributed by atoms with van der Waals surface area (Å²) in [6.07, 6.45) is -0.0406. The van der Waals surface area contributed by atoms with Crippen molar-refractivity contribution in [3.8, 4) is 5.75 Å². The second-order valence-electron chi connectivity index (χ2n) is 5.87. The lowest BCUT2D eigenvalue weighted by Crippen LogP contribution is -2.25. The molecule has 0 fully saturated rings. The minimum atomic E-state index is -0.0406. The van der Waals surface area contributed by atoms with Gasteiger partial charge in [-0.05, 0) is 68.3 Å². The first-order chi connectivity index (χ1) is 11.4. The van der Waals surface area contributed by atoms with Crippen LogP contribution in [0.4, 0.5) is 5.69 Å². The van der Waals surface area contributed by atoms with Crippen LogP contribution in [0.2, 0.25) is 5.02 Å². The first kappa shape index (κ1) is 18.1. The SMILES string of the molecule is Cc1ccc(OC(C)CN=C(N)CNc2ccc(Cl)cc2)cc1C. The van der Waals surface area contributed by atoms with Crippen LogP contribution in [-0.2, 0) is 0 Å². The van der Waals surface area contributed by atoms with Gasteiger partial charge < -0.3 is 15.8 Å². The molecular weight excluding hydrogens is 322 g/mol. The normalized spacial score (nSPS) is 12.8. The molecule has 1 unspecified atom stereocenters. The smallest absolute Gasteiger partial charge is 0.120 e. The van der Waals surface area contributed by atoms with E-state index < -0.39 is 0 Å². The number of benzene rings is 2. The number of hydrogen-bond donors (Lipinski definition) is 2. The fraction of sp³-hybridized carbons (Fsp3) is 0.316. The largest absolute Gasteiger partial charge is 0.489 e. The van der Waals surface area contributed by atoms with Crippen molar-refractivity contribution in [2.75, 3.05) is 18.4 Å². The van der Waals surface area contributed by atoms with Gasteiger partial charge in [-0.2, -0.15) is 0 Å². The molecule has 0 saturated heterocycles. The van der Waals surface area contributed by atoms with Crippen molar-refractivity contribution in [2.45, 2.75) is 26.9 Å². The lowest BCUT2D eigenvalue weighted by Gasteiger charge is -2.14. The Morgan fingerprint density at radius 1 is 1.17 bits per heavy atom. The van der Waals surface area contributed by atoms with Crippen LogP contribution in [0.3, 0.4) is 0 Å². The molecule has 0 saturated carbocycles. The predicted molar refractivity (Wildman–Crippen MR) is 102 cm³/mol. The number of anilines is 1. The summed E-state index contributed by atoms with van der Waals surface area (Å²) >= 11 is 5.85. The number of nitrogens with two attached hydrogens (primary N) is 1. The average Bonchev–Trinajstić information content (AvgIpc) is 2.56. The summed E-state index contributed by atoms with van der Waals surface area (Å²) < 4.78 is 5.88. The van der Waals surface area contributed by atoms with E-state index in [2.05, 4.69) is 30.2 Å². The number of rotatable bonds is 7. The second-order valence-corrected chi connectivity index (χ2v) is 6.30. The fourth-order valence-corrected chi connectivity index (χ4v) is 2.24. The molecule has 0 spiro atoms. The molecule has 0 aliphatic carbocycles. The van der Waals surface area contributed by atoms with Crippen molar-refractivity contribution in [2.24, 2.45) is 10.7 Å². The summed E-state index contributed by atoms with van der Waals surface area (Å²) in [5, 5.41) is 3.91. The molecule has 2 rings (SSSR count). The number of nitrogens with one attached hydrogen (secondary N) is 1. The molecule has 0 aromatic heterocycles. The molecule has 0 heterocycles. The van der Waals surface area contributed by atoms with Gasteiger partial charge in [0.1, 0.15) is 17.7 Å². The third-order valence-corrected chi connectivity index (χ3v) is 3.94. The first-order valence-corrected chi connectivity index (χ1v) is 8.34. The Balaban J connectivity index is 1.80. The van der Waals surface area contributed by atoms with Gasteiger partial charge in [0.2, 0.25) is 0 Å². The lowest BCUT2D eigenvalue weighted by atomic mass is 10.1. The van der Waals surface area contributed by atoms with Crippen LogP contribution in [-0.4, -0.2) is 25.0 Å². The fourth-order valence-electron chi connectivity index (χ4n) is 2.12. The maximum Gasteiger partial charge on any atom is 0.120 e. The highest BCUT2D eigenvalue weighted by Gasteiger charge is 2.05. The van der Waals surface area contributed by atoms with E-state index in [9.17, 15) is 0 Å². The average molecular weight is 346 g/mol. The zero-order valence-electron chi connectivity index (χ0n) is 14.3. The van der Waals surface area contributed by atoms with Crippen molar-refractivity contribution < 1.29 is 4.74 Å². The second kappa shape index (κ2) is 8.60. The van der Waals surface area contributed by atoms with Crippen LogP contribution in [0.25, 0.3) is 0 Å². The number of aliphatic imine (C=N–C) groups is 1. The molecule has 2 aromatic rings. The molecule has 0 amide bonds. The number of halogens is 1. The molecule has 0 aliphatic rings. The van der Waals surface area contributed by atoms with Gasteiger partial charge in [-0.25, -0.2) is 0 Å². The van der Waals surface area contributed by atoms with Crippen molar-refractivity contribution in [1.82, 2.24) is 0 Å². The number of amidine groups is 1. The van der Waals surface area contributed by atoms with Crippen molar-refractivity contribution in [3.05, 3.63) is 58.6 Å². The predicted octanol–water partition coefficient (Wildman–Crippen LogP) is 4.19. The van der Waals surface area contributed by atoms with Crippen LogP contribution < -0.4 is 15.8 Å². The van der Waals surface area contributed by atoms with Gasteiger partial charge in [-0.3, -0.25) is 4.99 Å². The minimum Gasteiger partial charge on any atom is -0.489 e. The number of nitrogens with zero attached hydrogens (tertiary/aromatic N) is 1. The summed E-state index contributed by atoms with van der Waals surface area (Å²) in [6.45, 7) is 7.14. The molecule has 0 aliphatic heterocycles. The van der Waals surface area contributed by atoms with Crippen LogP contribution in [0.5, 0.6) is 5.75 Å². The van der Waals surface area contributed by atoms with Crippen molar-refractivity contribution in [1.29, 1.82) is 0 Å². The van der Waals surface area contributed by atoms with E-state index in [-0.39, 0.29) is 6.10 Å². The highest BCUT2D eigenvalue weighted by atomic mass is 35.5. The zero-order chi connectivity index (χ0) is 17.5. The third-order valence-electron chi connectivity index (χ3n) is 3.68. The maximum absolute atomic E-state index is 5.94. The summed E-state index contributed by atoms with van der Waals surface area (Å²) in [5.74, 6) is 1.40. The Morgan fingerprint density at radius 2 is 1.88 bits per heavy atom. The summed E-state index contributed by atoms with van der Waals surface area (Å²) in [7, 11) is 0. The molecule has 3 N–H and O–H groups in total. The highest BCUT2D eigenvalue weighted by Crippen LogP contribution is 2.17. The monoisotopic (exact) mass is 345 g/mol. The number of ether oxygens (including phenoxy) is 1. The molecule has 0 bridgehead atoms. The minimum absolute atomic E-state index is 0.0406. The van der Waals surface area contributed by atoms with Gasteiger partial charge in [-0.1, -0.05) is 17.7 Å². The van der Waals surface area contributed by atoms with Crippen molar-refractivity contribution in [3.63, 3.8) is 0 Å². The Morgan fingerprint density at radius 3 is 2.54 bits per heavy atom. The standard InChI is InChI=1S/C19H24ClN3O/c1-13-4-9-18(10-14(13)2)24-15(3)11-23-19(21)12-22-17-7-5-16(20)6-8-17/h4-10,15,22H,11-12H2,1-3H3,(H2,21,23). The Kier molecular flexibility index (Phi) is 6.50. The molecular formula is C19H24ClN3O. The third kappa shape index (κ3) is 5.78. The van der Waals surface area contributed by atoms with Crippen LogP contribution >= 0.6 is 11.6 Å². The van der Waals surface area contributed by atoms with E-state index >= 15 is 0 Å². The van der Waals surface area contributed by atoms with Gasteiger partial charge in [0, 0.05) is 10.7 Å². The van der Waals surface area contributed by atoms with Crippen LogP contribution in [0.15, 0.2) is 47.5 Å². The molecule has 5 heteroatoms. The van der Waals surface area contributed by atoms with E-state index in [0.29, 0.717) is 23.9 Å². The van der Waals surface area contributed by atoms with Gasteiger partial charge in [-0.15, -0.1) is 0 Å². The topological polar surface area (TPSA) is 59.6 Å². The molecule has 2 aromatic carbocycles. The Hall–Kier alpha value is -2.20. The zero-order valence-corrected chi connectivity index (χ0v) is 15.1. The Labute approximate surface area is 148 Å². The van der Waals surface area contributed by atoms with Crippen molar-refractivity contribution >= 4 is 23.1 Å². The van der Waals surface area contributed by atoms with E-state index in [0.717, 1.165) is 11.4 Å². The molecule has 4 nitrogen and oxygen atoms in total. The highest BCUT2D eigenvalue weighted by molar-refractivity contribution is 6.30. The van der Waals surface area contributed by atoms with Crippen LogP contribution in [0, 0.1) is 13.8 Å². The Bertz CT molecular complexity index is 698. The van der Waals surface area contributed by atoms with Gasteiger partial charge in [0.25, 0.3) is 0 Å². The van der Waals surface area contributed by atoms with Gasteiger partial charge in [0.15, 0.2) is 0 Å². The summed E-state index contributed by atoms with van der Waals surface area (Å²) in [5.41, 5.74) is 9.37. The van der Waals surface area contributed by atoms with Gasteiger partial charge >= 0.3 is 0 Å². The van der Waals surface area contributed by atoms with E-state index in [4.69, 9.17) is 22.1 Å². The first-order valence-electron chi connectivity index (χ1n) is 7.96. The van der Waals surface area contributed by atoms with Crippen LogP contribution in [0.1, 0.15) is 18.1 Å². The number of aryl methyl sites for hydroxylation is 2. The van der Waals surface area contributed by atoms with E-state index in [1.807, 2.05) is 43.3 Å². The molecule has 1 atom stereocenters. The van der Waals surface area contributed by atoms with Gasteiger partial charge in [0.05, 0.1) is 13.1 Å². The lowest BCUT2D eigenvalue weighted by molar-refractivity contribution is 0.230. The molecule has 0 radical (unpaired) electrons. The quantitative estimate of drug-likeness (QED) is 0.584. The summed E-state index contributed by atoms with van der Waals surface area (Å²) in [6, 6.07) is 13.6.